The molecule has 2 rings (SSSR count). The van der Waals surface area contributed by atoms with Crippen LogP contribution < -0.4 is 4.72 Å². The van der Waals surface area contributed by atoms with Gasteiger partial charge in [-0.3, -0.25) is 4.72 Å². The number of nitrogens with zero attached hydrogens (tertiary/aromatic N) is 1. The van der Waals surface area contributed by atoms with Crippen LogP contribution in [-0.2, 0) is 16.4 Å². The minimum Gasteiger partial charge on any atom is -0.478 e. The fraction of sp³-hybridized carbons (Fsp3) is 0.286. The minimum atomic E-state index is -4.05. The molecule has 0 spiro atoms. The van der Waals surface area contributed by atoms with E-state index < -0.39 is 16.0 Å². The summed E-state index contributed by atoms with van der Waals surface area (Å²) < 4.78 is 32.7. The lowest BCUT2D eigenvalue weighted by Gasteiger charge is -2.12. The number of hydrogen-bond donors (Lipinski definition) is 2. The number of carbonyl (C=O) groups is 1. The number of anilines is 1. The highest BCUT2D eigenvalue weighted by Crippen LogP contribution is 2.29. The lowest BCUT2D eigenvalue weighted by molar-refractivity contribution is 0.0696. The molecule has 9 heteroatoms. The molecule has 1 aromatic heterocycles. The van der Waals surface area contributed by atoms with E-state index in [0.717, 1.165) is 0 Å². The summed E-state index contributed by atoms with van der Waals surface area (Å²) in [7, 11) is -4.05. The third-order valence-electron chi connectivity index (χ3n) is 3.34. The van der Waals surface area contributed by atoms with Gasteiger partial charge in [0.15, 0.2) is 5.76 Å². The number of sulfonamides is 1. The van der Waals surface area contributed by atoms with Crippen LogP contribution in [-0.4, -0.2) is 24.7 Å². The van der Waals surface area contributed by atoms with Gasteiger partial charge < -0.3 is 9.63 Å². The van der Waals surface area contributed by atoms with E-state index in [0.29, 0.717) is 17.9 Å². The van der Waals surface area contributed by atoms with Gasteiger partial charge in [0.25, 0.3) is 10.0 Å². The highest BCUT2D eigenvalue weighted by Gasteiger charge is 2.25. The van der Waals surface area contributed by atoms with Gasteiger partial charge in [-0.05, 0) is 31.5 Å². The molecule has 0 saturated carbocycles. The molecule has 0 bridgehead atoms. The van der Waals surface area contributed by atoms with Gasteiger partial charge >= 0.3 is 5.97 Å². The number of aromatic nitrogens is 1. The number of aromatic carboxylic acids is 1. The van der Waals surface area contributed by atoms with Crippen molar-refractivity contribution >= 4 is 33.3 Å². The molecule has 2 aromatic rings. The molecule has 124 valence electrons. The Balaban J connectivity index is 2.56. The third-order valence-corrected chi connectivity index (χ3v) is 5.03. The van der Waals surface area contributed by atoms with E-state index in [2.05, 4.69) is 9.88 Å². The number of nitrogens with one attached hydrogen (secondary N) is 1. The van der Waals surface area contributed by atoms with Crippen LogP contribution in [0.3, 0.4) is 0 Å². The number of carboxylic acids is 1. The summed E-state index contributed by atoms with van der Waals surface area (Å²) in [6.45, 7) is 4.81. The van der Waals surface area contributed by atoms with Gasteiger partial charge in [-0.15, -0.1) is 0 Å². The Kier molecular flexibility index (Phi) is 4.67. The van der Waals surface area contributed by atoms with Gasteiger partial charge in [0.1, 0.15) is 11.4 Å². The topological polar surface area (TPSA) is 110 Å². The number of rotatable bonds is 5. The SMILES string of the molecule is CCc1onc(C)c1NS(=O)(=O)c1cc(Cl)cc(C(=O)O)c1C. The van der Waals surface area contributed by atoms with Crippen LogP contribution in [0.25, 0.3) is 0 Å². The maximum atomic E-state index is 12.6. The van der Waals surface area contributed by atoms with Crippen LogP contribution in [0, 0.1) is 13.8 Å². The largest absolute Gasteiger partial charge is 0.478 e. The van der Waals surface area contributed by atoms with Crippen molar-refractivity contribution in [3.63, 3.8) is 0 Å². The first-order chi connectivity index (χ1) is 10.7. The standard InChI is InChI=1S/C14H15ClN2O5S/c1-4-11-13(8(3)16-22-11)17-23(20,21)12-6-9(15)5-10(7(12)2)14(18)19/h5-6,17H,4H2,1-3H3,(H,18,19). The Bertz CT molecular complexity index is 874. The van der Waals surface area contributed by atoms with Crippen molar-refractivity contribution in [2.75, 3.05) is 4.72 Å². The first kappa shape index (κ1) is 17.3. The monoisotopic (exact) mass is 358 g/mol. The van der Waals surface area contributed by atoms with Gasteiger partial charge in [0.2, 0.25) is 0 Å². The molecule has 0 aliphatic rings. The molecule has 23 heavy (non-hydrogen) atoms. The summed E-state index contributed by atoms with van der Waals surface area (Å²) in [5.41, 5.74) is 0.574. The van der Waals surface area contributed by atoms with Gasteiger partial charge in [0, 0.05) is 11.4 Å². The van der Waals surface area contributed by atoms with Gasteiger partial charge in [-0.1, -0.05) is 23.7 Å². The van der Waals surface area contributed by atoms with Crippen LogP contribution in [0.5, 0.6) is 0 Å². The molecule has 0 fully saturated rings. The van der Waals surface area contributed by atoms with E-state index in [4.69, 9.17) is 21.2 Å². The fourth-order valence-corrected chi connectivity index (χ4v) is 3.85. The van der Waals surface area contributed by atoms with Gasteiger partial charge in [-0.25, -0.2) is 13.2 Å². The lowest BCUT2D eigenvalue weighted by atomic mass is 10.1. The van der Waals surface area contributed by atoms with E-state index >= 15 is 0 Å². The van der Waals surface area contributed by atoms with Gasteiger partial charge in [-0.2, -0.15) is 0 Å². The zero-order chi connectivity index (χ0) is 17.4. The maximum absolute atomic E-state index is 12.6. The van der Waals surface area contributed by atoms with Crippen molar-refractivity contribution in [1.29, 1.82) is 0 Å². The Morgan fingerprint density at radius 1 is 1.39 bits per heavy atom. The van der Waals surface area contributed by atoms with Crippen molar-refractivity contribution in [2.24, 2.45) is 0 Å². The number of hydrogen-bond acceptors (Lipinski definition) is 5. The summed E-state index contributed by atoms with van der Waals surface area (Å²) in [6.07, 6.45) is 0.452. The molecule has 0 radical (unpaired) electrons. The van der Waals surface area contributed by atoms with Crippen molar-refractivity contribution in [2.45, 2.75) is 32.1 Å². The molecular weight excluding hydrogens is 344 g/mol. The molecule has 0 aliphatic carbocycles. The molecule has 1 heterocycles. The minimum absolute atomic E-state index is 0.0196. The molecule has 1 aromatic carbocycles. The lowest BCUT2D eigenvalue weighted by Crippen LogP contribution is -2.17. The zero-order valence-corrected chi connectivity index (χ0v) is 14.2. The van der Waals surface area contributed by atoms with Crippen molar-refractivity contribution in [3.8, 4) is 0 Å². The van der Waals surface area contributed by atoms with Crippen LogP contribution in [0.1, 0.15) is 34.3 Å². The molecule has 0 saturated heterocycles. The number of aryl methyl sites for hydroxylation is 2. The summed E-state index contributed by atoms with van der Waals surface area (Å²) in [5, 5.41) is 12.9. The van der Waals surface area contributed by atoms with E-state index in [1.54, 1.807) is 13.8 Å². The van der Waals surface area contributed by atoms with Crippen LogP contribution in [0.15, 0.2) is 21.6 Å². The zero-order valence-electron chi connectivity index (χ0n) is 12.7. The molecule has 7 nitrogen and oxygen atoms in total. The quantitative estimate of drug-likeness (QED) is 0.850. The first-order valence-electron chi connectivity index (χ1n) is 6.68. The predicted octanol–water partition coefficient (Wildman–Crippen LogP) is 3.01. The Morgan fingerprint density at radius 3 is 2.61 bits per heavy atom. The third kappa shape index (κ3) is 3.32. The smallest absolute Gasteiger partial charge is 0.336 e. The van der Waals surface area contributed by atoms with Gasteiger partial charge in [0.05, 0.1) is 10.5 Å². The van der Waals surface area contributed by atoms with Crippen LogP contribution >= 0.6 is 11.6 Å². The fourth-order valence-electron chi connectivity index (χ4n) is 2.13. The first-order valence-corrected chi connectivity index (χ1v) is 8.55. The Morgan fingerprint density at radius 2 is 2.04 bits per heavy atom. The second-order valence-corrected chi connectivity index (χ2v) is 6.99. The number of carboxylic acid groups (broad SMARTS) is 1. The summed E-state index contributed by atoms with van der Waals surface area (Å²) in [5.74, 6) is -0.860. The molecule has 0 aliphatic heterocycles. The van der Waals surface area contributed by atoms with E-state index in [-0.39, 0.29) is 26.7 Å². The van der Waals surface area contributed by atoms with E-state index in [9.17, 15) is 13.2 Å². The van der Waals surface area contributed by atoms with Crippen molar-refractivity contribution < 1.29 is 22.8 Å². The Labute approximate surface area is 138 Å². The second-order valence-electron chi connectivity index (χ2n) is 4.91. The highest BCUT2D eigenvalue weighted by atomic mass is 35.5. The van der Waals surface area contributed by atoms with E-state index in [1.807, 2.05) is 0 Å². The highest BCUT2D eigenvalue weighted by molar-refractivity contribution is 7.92. The molecule has 0 amide bonds. The van der Waals surface area contributed by atoms with Crippen LogP contribution in [0.2, 0.25) is 5.02 Å². The average molecular weight is 359 g/mol. The van der Waals surface area contributed by atoms with Crippen molar-refractivity contribution in [3.05, 3.63) is 39.7 Å². The maximum Gasteiger partial charge on any atom is 0.336 e. The molecular formula is C14H15ClN2O5S. The predicted molar refractivity (Wildman–Crippen MR) is 84.6 cm³/mol. The van der Waals surface area contributed by atoms with E-state index in [1.165, 1.54) is 19.1 Å². The molecule has 0 atom stereocenters. The molecule has 0 unspecified atom stereocenters. The average Bonchev–Trinajstić information content (AvgIpc) is 2.80. The summed E-state index contributed by atoms with van der Waals surface area (Å²) in [6, 6.07) is 2.42. The number of halogens is 1. The van der Waals surface area contributed by atoms with Crippen molar-refractivity contribution in [1.82, 2.24) is 5.16 Å². The number of benzene rings is 1. The summed E-state index contributed by atoms with van der Waals surface area (Å²) >= 11 is 5.86. The molecule has 2 N–H and O–H groups in total. The Hall–Kier alpha value is -2.06. The second kappa shape index (κ2) is 6.21. The summed E-state index contributed by atoms with van der Waals surface area (Å²) in [4.78, 5) is 11.0. The normalized spacial score (nSPS) is 11.5. The van der Waals surface area contributed by atoms with Crippen LogP contribution in [0.4, 0.5) is 5.69 Å².